The predicted molar refractivity (Wildman–Crippen MR) is 138 cm³/mol. The Labute approximate surface area is 221 Å². The number of likely N-dealkylation sites (N-methyl/N-ethyl adjacent to an activating group) is 1. The summed E-state index contributed by atoms with van der Waals surface area (Å²) in [6, 6.07) is 9.09. The number of aliphatic hydroxyl groups is 1. The van der Waals surface area contributed by atoms with Gasteiger partial charge >= 0.3 is 0 Å². The second-order valence-corrected chi connectivity index (χ2v) is 10.4. The molecule has 0 saturated carbocycles. The van der Waals surface area contributed by atoms with E-state index in [0.717, 1.165) is 0 Å². The number of benzene rings is 2. The molecule has 206 valence electrons. The van der Waals surface area contributed by atoms with Gasteiger partial charge in [-0.05, 0) is 50.5 Å². The number of aromatic hydroxyl groups is 1. The van der Waals surface area contributed by atoms with Crippen molar-refractivity contribution in [3.8, 4) is 5.75 Å². The van der Waals surface area contributed by atoms with Gasteiger partial charge in [0.25, 0.3) is 17.7 Å². The van der Waals surface area contributed by atoms with Gasteiger partial charge in [0.05, 0.1) is 18.0 Å². The lowest BCUT2D eigenvalue weighted by atomic mass is 9.81. The van der Waals surface area contributed by atoms with Gasteiger partial charge in [0, 0.05) is 17.7 Å². The normalized spacial score (nSPS) is 19.5. The third-order valence-electron chi connectivity index (χ3n) is 7.21. The van der Waals surface area contributed by atoms with Crippen molar-refractivity contribution in [1.82, 2.24) is 15.5 Å². The number of aryl methyl sites for hydroxylation is 1. The zero-order valence-corrected chi connectivity index (χ0v) is 22.2. The van der Waals surface area contributed by atoms with Gasteiger partial charge in [0.1, 0.15) is 11.8 Å². The molecule has 0 radical (unpaired) electrons. The van der Waals surface area contributed by atoms with E-state index in [2.05, 4.69) is 10.6 Å². The van der Waals surface area contributed by atoms with Gasteiger partial charge in [-0.3, -0.25) is 14.4 Å². The second kappa shape index (κ2) is 11.1. The lowest BCUT2D eigenvalue weighted by Gasteiger charge is -2.34. The first-order valence-electron chi connectivity index (χ1n) is 12.5. The summed E-state index contributed by atoms with van der Waals surface area (Å²) in [6.45, 7) is 6.45. The van der Waals surface area contributed by atoms with Crippen LogP contribution in [0.3, 0.4) is 0 Å². The largest absolute Gasteiger partial charge is 0.508 e. The number of halogens is 2. The number of hydrogen-bond donors (Lipinski definition) is 4. The van der Waals surface area contributed by atoms with Crippen molar-refractivity contribution < 1.29 is 33.4 Å². The summed E-state index contributed by atoms with van der Waals surface area (Å²) < 4.78 is 30.0. The lowest BCUT2D eigenvalue weighted by molar-refractivity contribution is -0.148. The molecule has 2 aromatic rings. The standard InChI is InChI=1S/C28H35F2N3O5/c1-6-31-25(37)23-27(4,5)28(29,30)15-33(23)26(38)22(35)20(14-18-10-8-7-9-11-18)32-24(36)19-12-16(2)13-21(34)17(19)3/h7-13,20,22-23,34-35H,6,14-15H2,1-5H3,(H,31,37)(H,32,36). The van der Waals surface area contributed by atoms with E-state index in [1.807, 2.05) is 0 Å². The van der Waals surface area contributed by atoms with Gasteiger partial charge in [-0.2, -0.15) is 0 Å². The van der Waals surface area contributed by atoms with Gasteiger partial charge in [-0.15, -0.1) is 0 Å². The molecule has 0 spiro atoms. The number of carbonyl (C=O) groups excluding carboxylic acids is 3. The minimum absolute atomic E-state index is 0.00970. The zero-order valence-electron chi connectivity index (χ0n) is 22.2. The molecule has 10 heteroatoms. The number of phenols is 1. The highest BCUT2D eigenvalue weighted by Gasteiger charge is 2.64. The van der Waals surface area contributed by atoms with E-state index in [0.29, 0.717) is 21.6 Å². The number of aliphatic hydroxyl groups excluding tert-OH is 1. The zero-order chi connectivity index (χ0) is 28.4. The first-order valence-corrected chi connectivity index (χ1v) is 12.5. The van der Waals surface area contributed by atoms with Gasteiger partial charge in [0.2, 0.25) is 5.91 Å². The van der Waals surface area contributed by atoms with Crippen molar-refractivity contribution in [1.29, 1.82) is 0 Å². The third-order valence-corrected chi connectivity index (χ3v) is 7.21. The van der Waals surface area contributed by atoms with Crippen LogP contribution in [0.25, 0.3) is 0 Å². The van der Waals surface area contributed by atoms with Crippen LogP contribution < -0.4 is 10.6 Å². The summed E-state index contributed by atoms with van der Waals surface area (Å²) in [5.41, 5.74) is -0.129. The van der Waals surface area contributed by atoms with Crippen LogP contribution in [0.4, 0.5) is 8.78 Å². The number of rotatable bonds is 8. The number of phenolic OH excluding ortho intramolecular Hbond substituents is 1. The minimum Gasteiger partial charge on any atom is -0.508 e. The summed E-state index contributed by atoms with van der Waals surface area (Å²) in [5, 5.41) is 26.5. The van der Waals surface area contributed by atoms with Gasteiger partial charge in [-0.1, -0.05) is 44.2 Å². The second-order valence-electron chi connectivity index (χ2n) is 10.4. The van der Waals surface area contributed by atoms with Crippen molar-refractivity contribution in [2.24, 2.45) is 5.41 Å². The predicted octanol–water partition coefficient (Wildman–Crippen LogP) is 2.72. The Kier molecular flexibility index (Phi) is 8.45. The highest BCUT2D eigenvalue weighted by Crippen LogP contribution is 2.48. The fraction of sp³-hybridized carbons (Fsp3) is 0.464. The maximum absolute atomic E-state index is 15.0. The van der Waals surface area contributed by atoms with Crippen molar-refractivity contribution in [3.63, 3.8) is 0 Å². The molecule has 2 aromatic carbocycles. The van der Waals surface area contributed by atoms with Crippen molar-refractivity contribution >= 4 is 17.7 Å². The van der Waals surface area contributed by atoms with Crippen molar-refractivity contribution in [2.75, 3.05) is 13.1 Å². The van der Waals surface area contributed by atoms with Crippen LogP contribution in [-0.2, 0) is 16.0 Å². The maximum Gasteiger partial charge on any atom is 0.272 e. The van der Waals surface area contributed by atoms with Crippen LogP contribution >= 0.6 is 0 Å². The maximum atomic E-state index is 15.0. The average molecular weight is 532 g/mol. The smallest absolute Gasteiger partial charge is 0.272 e. The molecule has 0 aromatic heterocycles. The van der Waals surface area contributed by atoms with Gasteiger partial charge < -0.3 is 25.7 Å². The fourth-order valence-corrected chi connectivity index (χ4v) is 4.82. The molecule has 3 amide bonds. The quantitative estimate of drug-likeness (QED) is 0.418. The molecule has 1 saturated heterocycles. The first-order chi connectivity index (χ1) is 17.7. The van der Waals surface area contributed by atoms with Crippen LogP contribution in [0.15, 0.2) is 42.5 Å². The van der Waals surface area contributed by atoms with Crippen LogP contribution in [-0.4, -0.2) is 70.0 Å². The fourth-order valence-electron chi connectivity index (χ4n) is 4.82. The van der Waals surface area contributed by atoms with E-state index in [4.69, 9.17) is 0 Å². The van der Waals surface area contributed by atoms with Crippen molar-refractivity contribution in [2.45, 2.75) is 65.1 Å². The Morgan fingerprint density at radius 3 is 2.37 bits per heavy atom. The summed E-state index contributed by atoms with van der Waals surface area (Å²) >= 11 is 0. The molecular formula is C28H35F2N3O5. The van der Waals surface area contributed by atoms with Gasteiger partial charge in [-0.25, -0.2) is 8.78 Å². The number of likely N-dealkylation sites (tertiary alicyclic amines) is 1. The Hall–Kier alpha value is -3.53. The van der Waals surface area contributed by atoms with E-state index in [1.165, 1.54) is 19.9 Å². The van der Waals surface area contributed by atoms with E-state index in [1.54, 1.807) is 57.2 Å². The monoisotopic (exact) mass is 531 g/mol. The van der Waals surface area contributed by atoms with E-state index >= 15 is 0 Å². The number of hydrogen-bond acceptors (Lipinski definition) is 5. The molecule has 1 aliphatic heterocycles. The van der Waals surface area contributed by atoms with Crippen LogP contribution in [0.5, 0.6) is 5.75 Å². The molecule has 1 aliphatic rings. The Morgan fingerprint density at radius 2 is 1.76 bits per heavy atom. The Bertz CT molecular complexity index is 1200. The van der Waals surface area contributed by atoms with Crippen LogP contribution in [0.1, 0.15) is 47.8 Å². The molecule has 1 heterocycles. The number of amides is 3. The molecule has 3 atom stereocenters. The van der Waals surface area contributed by atoms with Crippen LogP contribution in [0, 0.1) is 19.3 Å². The molecule has 38 heavy (non-hydrogen) atoms. The highest BCUT2D eigenvalue weighted by atomic mass is 19.3. The van der Waals surface area contributed by atoms with E-state index in [9.17, 15) is 33.4 Å². The molecule has 1 fully saturated rings. The molecule has 3 unspecified atom stereocenters. The number of carbonyl (C=O) groups is 3. The average Bonchev–Trinajstić information content (AvgIpc) is 3.04. The molecule has 0 bridgehead atoms. The lowest BCUT2D eigenvalue weighted by Crippen LogP contribution is -2.57. The SMILES string of the molecule is CCNC(=O)C1N(C(=O)C(O)C(Cc2ccccc2)NC(=O)c2cc(C)cc(O)c2C)CC(F)(F)C1(C)C. The van der Waals surface area contributed by atoms with E-state index < -0.39 is 53.8 Å². The first kappa shape index (κ1) is 29.0. The molecular weight excluding hydrogens is 496 g/mol. The summed E-state index contributed by atoms with van der Waals surface area (Å²) in [4.78, 5) is 40.3. The molecule has 4 N–H and O–H groups in total. The molecule has 3 rings (SSSR count). The highest BCUT2D eigenvalue weighted by molar-refractivity contribution is 5.97. The van der Waals surface area contributed by atoms with Crippen molar-refractivity contribution in [3.05, 3.63) is 64.7 Å². The Morgan fingerprint density at radius 1 is 1.13 bits per heavy atom. The number of alkyl halides is 2. The summed E-state index contributed by atoms with van der Waals surface area (Å²) in [7, 11) is 0. The van der Waals surface area contributed by atoms with Gasteiger partial charge in [0.15, 0.2) is 6.10 Å². The minimum atomic E-state index is -3.40. The summed E-state index contributed by atoms with van der Waals surface area (Å²) in [5.74, 6) is -5.97. The van der Waals surface area contributed by atoms with Crippen LogP contribution in [0.2, 0.25) is 0 Å². The Balaban J connectivity index is 1.96. The third kappa shape index (κ3) is 5.65. The summed E-state index contributed by atoms with van der Waals surface area (Å²) in [6.07, 6.45) is -1.92. The molecule has 0 aliphatic carbocycles. The number of nitrogens with one attached hydrogen (secondary N) is 2. The van der Waals surface area contributed by atoms with E-state index in [-0.39, 0.29) is 24.3 Å². The topological polar surface area (TPSA) is 119 Å². The number of nitrogens with zero attached hydrogens (tertiary/aromatic N) is 1. The molecule has 8 nitrogen and oxygen atoms in total.